The molecular formula is C14H20ClNO. The maximum atomic E-state index is 6.08. The van der Waals surface area contributed by atoms with Crippen LogP contribution in [-0.4, -0.2) is 6.10 Å². The van der Waals surface area contributed by atoms with E-state index in [9.17, 15) is 0 Å². The van der Waals surface area contributed by atoms with Crippen LogP contribution in [-0.2, 0) is 0 Å². The molecule has 0 radical (unpaired) electrons. The molecule has 94 valence electrons. The Bertz CT molecular complexity index is 426. The molecule has 0 bridgehead atoms. The first-order valence-corrected chi connectivity index (χ1v) is 6.32. The molecule has 1 saturated carbocycles. The fourth-order valence-electron chi connectivity index (χ4n) is 3.32. The minimum absolute atomic E-state index is 0.217. The van der Waals surface area contributed by atoms with Gasteiger partial charge in [0, 0.05) is 16.9 Å². The van der Waals surface area contributed by atoms with E-state index in [4.69, 9.17) is 22.1 Å². The molecule has 0 heterocycles. The lowest BCUT2D eigenvalue weighted by Crippen LogP contribution is -2.58. The molecule has 0 aliphatic heterocycles. The van der Waals surface area contributed by atoms with Crippen LogP contribution in [0.3, 0.4) is 0 Å². The highest BCUT2D eigenvalue weighted by molar-refractivity contribution is 6.33. The number of benzene rings is 1. The van der Waals surface area contributed by atoms with Gasteiger partial charge >= 0.3 is 0 Å². The number of rotatable bonds is 2. The lowest BCUT2D eigenvalue weighted by atomic mass is 9.53. The maximum Gasteiger partial charge on any atom is 0.121 e. The number of hydrogen-bond donors (Lipinski definition) is 1. The molecule has 0 saturated heterocycles. The molecule has 1 aliphatic rings. The largest absolute Gasteiger partial charge is 0.489 e. The van der Waals surface area contributed by atoms with Crippen LogP contribution in [0.4, 0.5) is 5.69 Å². The summed E-state index contributed by atoms with van der Waals surface area (Å²) < 4.78 is 6.08. The molecule has 1 fully saturated rings. The highest BCUT2D eigenvalue weighted by Crippen LogP contribution is 2.55. The Kier molecular flexibility index (Phi) is 2.81. The van der Waals surface area contributed by atoms with E-state index >= 15 is 0 Å². The zero-order valence-corrected chi connectivity index (χ0v) is 11.6. The first-order chi connectivity index (χ1) is 7.72. The third-order valence-electron chi connectivity index (χ3n) is 3.56. The number of nitrogens with two attached hydrogens (primary N) is 1. The van der Waals surface area contributed by atoms with Crippen LogP contribution >= 0.6 is 11.6 Å². The molecule has 1 aliphatic carbocycles. The predicted molar refractivity (Wildman–Crippen MR) is 72.5 cm³/mol. The minimum atomic E-state index is 0.217. The van der Waals surface area contributed by atoms with E-state index in [1.165, 1.54) is 6.42 Å². The van der Waals surface area contributed by atoms with E-state index in [-0.39, 0.29) is 16.9 Å². The second-order valence-electron chi connectivity index (χ2n) is 6.34. The number of hydrogen-bond acceptors (Lipinski definition) is 2. The van der Waals surface area contributed by atoms with E-state index in [0.29, 0.717) is 10.7 Å². The Labute approximate surface area is 108 Å². The van der Waals surface area contributed by atoms with Crippen molar-refractivity contribution in [3.8, 4) is 5.75 Å². The quantitative estimate of drug-likeness (QED) is 0.805. The molecule has 2 rings (SSSR count). The van der Waals surface area contributed by atoms with Crippen molar-refractivity contribution in [1.82, 2.24) is 0 Å². The van der Waals surface area contributed by atoms with Gasteiger partial charge in [0.1, 0.15) is 11.9 Å². The van der Waals surface area contributed by atoms with Crippen LogP contribution in [0.1, 0.15) is 34.1 Å². The fraction of sp³-hybridized carbons (Fsp3) is 0.571. The first-order valence-electron chi connectivity index (χ1n) is 5.94. The second-order valence-corrected chi connectivity index (χ2v) is 6.74. The van der Waals surface area contributed by atoms with Crippen molar-refractivity contribution in [1.29, 1.82) is 0 Å². The van der Waals surface area contributed by atoms with Gasteiger partial charge < -0.3 is 10.5 Å². The number of anilines is 1. The molecule has 2 nitrogen and oxygen atoms in total. The van der Waals surface area contributed by atoms with Gasteiger partial charge in [-0.2, -0.15) is 0 Å². The summed E-state index contributed by atoms with van der Waals surface area (Å²) >= 11 is 6.00. The van der Waals surface area contributed by atoms with Crippen molar-refractivity contribution < 1.29 is 4.74 Å². The van der Waals surface area contributed by atoms with Crippen LogP contribution in [0.25, 0.3) is 0 Å². The van der Waals surface area contributed by atoms with Gasteiger partial charge in [-0.15, -0.1) is 0 Å². The lowest BCUT2D eigenvalue weighted by molar-refractivity contribution is -0.133. The monoisotopic (exact) mass is 253 g/mol. The third kappa shape index (κ3) is 2.23. The van der Waals surface area contributed by atoms with Gasteiger partial charge in [0.05, 0.1) is 10.7 Å². The molecule has 0 amide bonds. The Hall–Kier alpha value is -0.890. The van der Waals surface area contributed by atoms with E-state index in [2.05, 4.69) is 27.7 Å². The summed E-state index contributed by atoms with van der Waals surface area (Å²) in [7, 11) is 0. The van der Waals surface area contributed by atoms with Gasteiger partial charge in [-0.05, 0) is 18.6 Å². The van der Waals surface area contributed by atoms with Gasteiger partial charge in [0.25, 0.3) is 0 Å². The van der Waals surface area contributed by atoms with Gasteiger partial charge in [0.2, 0.25) is 0 Å². The van der Waals surface area contributed by atoms with Gasteiger partial charge in [-0.1, -0.05) is 39.3 Å². The van der Waals surface area contributed by atoms with Crippen molar-refractivity contribution in [3.05, 3.63) is 23.2 Å². The molecule has 0 atom stereocenters. The van der Waals surface area contributed by atoms with Crippen molar-refractivity contribution in [2.45, 2.75) is 40.2 Å². The van der Waals surface area contributed by atoms with E-state index in [1.54, 1.807) is 12.1 Å². The Morgan fingerprint density at radius 1 is 1.24 bits per heavy atom. The smallest absolute Gasteiger partial charge is 0.121 e. The van der Waals surface area contributed by atoms with Crippen LogP contribution in [0.2, 0.25) is 5.02 Å². The lowest BCUT2D eigenvalue weighted by Gasteiger charge is -2.56. The summed E-state index contributed by atoms with van der Waals surface area (Å²) in [5.74, 6) is 0.801. The first kappa shape index (κ1) is 12.6. The molecular weight excluding hydrogens is 234 g/mol. The second kappa shape index (κ2) is 3.81. The molecule has 1 aromatic rings. The SMILES string of the molecule is CC1(C)CC(C)(C)C1Oc1ccc(N)c(Cl)c1. The Morgan fingerprint density at radius 3 is 2.29 bits per heavy atom. The summed E-state index contributed by atoms with van der Waals surface area (Å²) in [4.78, 5) is 0. The van der Waals surface area contributed by atoms with Gasteiger partial charge in [-0.25, -0.2) is 0 Å². The zero-order valence-electron chi connectivity index (χ0n) is 10.9. The molecule has 1 aromatic carbocycles. The number of nitrogen functional groups attached to an aromatic ring is 1. The summed E-state index contributed by atoms with van der Waals surface area (Å²) in [5.41, 5.74) is 6.71. The van der Waals surface area contributed by atoms with Crippen molar-refractivity contribution in [2.75, 3.05) is 5.73 Å². The van der Waals surface area contributed by atoms with E-state index < -0.39 is 0 Å². The topological polar surface area (TPSA) is 35.2 Å². The molecule has 17 heavy (non-hydrogen) atoms. The molecule has 3 heteroatoms. The number of ether oxygens (including phenoxy) is 1. The highest BCUT2D eigenvalue weighted by atomic mass is 35.5. The van der Waals surface area contributed by atoms with E-state index in [0.717, 1.165) is 5.75 Å². The molecule has 2 N–H and O–H groups in total. The van der Waals surface area contributed by atoms with E-state index in [1.807, 2.05) is 6.07 Å². The van der Waals surface area contributed by atoms with Crippen molar-refractivity contribution >= 4 is 17.3 Å². The van der Waals surface area contributed by atoms with Crippen LogP contribution in [0, 0.1) is 10.8 Å². The van der Waals surface area contributed by atoms with Crippen molar-refractivity contribution in [3.63, 3.8) is 0 Å². The van der Waals surface area contributed by atoms with Gasteiger partial charge in [0.15, 0.2) is 0 Å². The molecule has 0 aromatic heterocycles. The van der Waals surface area contributed by atoms with Crippen LogP contribution in [0.5, 0.6) is 5.75 Å². The average molecular weight is 254 g/mol. The summed E-state index contributed by atoms with van der Waals surface area (Å²) in [6.45, 7) is 8.95. The maximum absolute atomic E-state index is 6.08. The van der Waals surface area contributed by atoms with Crippen LogP contribution < -0.4 is 10.5 Å². The Balaban J connectivity index is 2.18. The Morgan fingerprint density at radius 2 is 1.82 bits per heavy atom. The third-order valence-corrected chi connectivity index (χ3v) is 3.88. The average Bonchev–Trinajstić information content (AvgIpc) is 2.17. The zero-order chi connectivity index (χ0) is 12.8. The predicted octanol–water partition coefficient (Wildman–Crippen LogP) is 4.13. The standard InChI is InChI=1S/C14H20ClNO/c1-13(2)8-14(3,4)12(13)17-9-5-6-11(16)10(15)7-9/h5-7,12H,8,16H2,1-4H3. The summed E-state index contributed by atoms with van der Waals surface area (Å²) in [6.07, 6.45) is 1.39. The number of halogens is 1. The molecule has 0 spiro atoms. The minimum Gasteiger partial charge on any atom is -0.489 e. The molecule has 0 unspecified atom stereocenters. The van der Waals surface area contributed by atoms with Crippen LogP contribution in [0.15, 0.2) is 18.2 Å². The fourth-order valence-corrected chi connectivity index (χ4v) is 3.49. The summed E-state index contributed by atoms with van der Waals surface area (Å²) in [6, 6.07) is 5.46. The highest BCUT2D eigenvalue weighted by Gasteiger charge is 2.54. The van der Waals surface area contributed by atoms with Crippen molar-refractivity contribution in [2.24, 2.45) is 10.8 Å². The summed E-state index contributed by atoms with van der Waals surface area (Å²) in [5, 5.41) is 0.553. The van der Waals surface area contributed by atoms with Gasteiger partial charge in [-0.3, -0.25) is 0 Å². The normalized spacial score (nSPS) is 21.9.